The van der Waals surface area contributed by atoms with Gasteiger partial charge in [-0.1, -0.05) is 35.9 Å². The standard InChI is InChI=1S/C22H27N3O2/c1-15-5-3-6-17(13-15)14-25-11-9-18(10-12-25)22(27)24-20-8-4-7-19(16(20)2)21(23)26/h3-8,13,18H,9-12,14H2,1-2H3,(H2,23,26)(H,24,27). The molecule has 142 valence electrons. The summed E-state index contributed by atoms with van der Waals surface area (Å²) < 4.78 is 0. The van der Waals surface area contributed by atoms with Crippen molar-refractivity contribution < 1.29 is 9.59 Å². The molecule has 1 saturated heterocycles. The minimum Gasteiger partial charge on any atom is -0.366 e. The van der Waals surface area contributed by atoms with Crippen molar-refractivity contribution in [2.75, 3.05) is 18.4 Å². The van der Waals surface area contributed by atoms with Crippen LogP contribution in [-0.2, 0) is 11.3 Å². The predicted molar refractivity (Wildman–Crippen MR) is 108 cm³/mol. The Morgan fingerprint density at radius 2 is 1.81 bits per heavy atom. The number of rotatable bonds is 5. The number of hydrogen-bond donors (Lipinski definition) is 2. The fourth-order valence-electron chi connectivity index (χ4n) is 3.69. The molecule has 1 aliphatic heterocycles. The number of benzene rings is 2. The lowest BCUT2D eigenvalue weighted by atomic mass is 9.95. The monoisotopic (exact) mass is 365 g/mol. The van der Waals surface area contributed by atoms with E-state index >= 15 is 0 Å². The third-order valence-corrected chi connectivity index (χ3v) is 5.30. The van der Waals surface area contributed by atoms with Gasteiger partial charge in [-0.05, 0) is 63.0 Å². The van der Waals surface area contributed by atoms with E-state index in [0.717, 1.165) is 38.0 Å². The molecule has 0 atom stereocenters. The number of nitrogens with two attached hydrogens (primary N) is 1. The highest BCUT2D eigenvalue weighted by Crippen LogP contribution is 2.23. The maximum atomic E-state index is 12.7. The van der Waals surface area contributed by atoms with Crippen molar-refractivity contribution in [2.24, 2.45) is 11.7 Å². The first-order chi connectivity index (χ1) is 12.9. The first-order valence-electron chi connectivity index (χ1n) is 9.42. The fourth-order valence-corrected chi connectivity index (χ4v) is 3.69. The summed E-state index contributed by atoms with van der Waals surface area (Å²) in [5.74, 6) is -0.460. The van der Waals surface area contributed by atoms with E-state index in [1.165, 1.54) is 11.1 Å². The van der Waals surface area contributed by atoms with Gasteiger partial charge in [0.05, 0.1) is 0 Å². The van der Waals surface area contributed by atoms with E-state index in [1.807, 2.05) is 6.07 Å². The largest absolute Gasteiger partial charge is 0.366 e. The first-order valence-corrected chi connectivity index (χ1v) is 9.42. The van der Waals surface area contributed by atoms with Crippen LogP contribution in [0, 0.1) is 19.8 Å². The number of anilines is 1. The van der Waals surface area contributed by atoms with Gasteiger partial charge in [-0.15, -0.1) is 0 Å². The molecule has 0 radical (unpaired) electrons. The van der Waals surface area contributed by atoms with Gasteiger partial charge in [-0.2, -0.15) is 0 Å². The molecule has 5 nitrogen and oxygen atoms in total. The zero-order valence-electron chi connectivity index (χ0n) is 16.0. The van der Waals surface area contributed by atoms with Gasteiger partial charge in [0.15, 0.2) is 0 Å². The molecular formula is C22H27N3O2. The number of primary amides is 1. The van der Waals surface area contributed by atoms with Gasteiger partial charge >= 0.3 is 0 Å². The Kier molecular flexibility index (Phi) is 5.91. The summed E-state index contributed by atoms with van der Waals surface area (Å²) in [7, 11) is 0. The highest BCUT2D eigenvalue weighted by molar-refractivity contribution is 5.99. The Morgan fingerprint density at radius 1 is 1.11 bits per heavy atom. The van der Waals surface area contributed by atoms with E-state index in [2.05, 4.69) is 41.4 Å². The number of amides is 2. The van der Waals surface area contributed by atoms with Gasteiger partial charge < -0.3 is 11.1 Å². The van der Waals surface area contributed by atoms with Crippen LogP contribution in [0.5, 0.6) is 0 Å². The van der Waals surface area contributed by atoms with E-state index in [1.54, 1.807) is 19.1 Å². The van der Waals surface area contributed by atoms with Crippen LogP contribution in [-0.4, -0.2) is 29.8 Å². The Morgan fingerprint density at radius 3 is 2.48 bits per heavy atom. The molecule has 0 aliphatic carbocycles. The molecule has 2 aromatic carbocycles. The van der Waals surface area contributed by atoms with Gasteiger partial charge in [0.2, 0.25) is 11.8 Å². The highest BCUT2D eigenvalue weighted by Gasteiger charge is 2.25. The van der Waals surface area contributed by atoms with Crippen molar-refractivity contribution in [2.45, 2.75) is 33.2 Å². The Labute approximate surface area is 160 Å². The molecule has 0 saturated carbocycles. The highest BCUT2D eigenvalue weighted by atomic mass is 16.2. The molecule has 1 aliphatic rings. The van der Waals surface area contributed by atoms with Crippen molar-refractivity contribution >= 4 is 17.5 Å². The van der Waals surface area contributed by atoms with Crippen molar-refractivity contribution in [1.29, 1.82) is 0 Å². The average Bonchev–Trinajstić information content (AvgIpc) is 2.64. The molecule has 2 aromatic rings. The van der Waals surface area contributed by atoms with Crippen LogP contribution >= 0.6 is 0 Å². The lowest BCUT2D eigenvalue weighted by Gasteiger charge is -2.31. The molecule has 3 N–H and O–H groups in total. The molecule has 0 bridgehead atoms. The summed E-state index contributed by atoms with van der Waals surface area (Å²) in [4.78, 5) is 26.5. The van der Waals surface area contributed by atoms with Gasteiger partial charge in [-0.3, -0.25) is 14.5 Å². The second kappa shape index (κ2) is 8.35. The molecule has 1 fully saturated rings. The number of piperidine rings is 1. The van der Waals surface area contributed by atoms with Gasteiger partial charge in [0.25, 0.3) is 0 Å². The lowest BCUT2D eigenvalue weighted by Crippen LogP contribution is -2.37. The summed E-state index contributed by atoms with van der Waals surface area (Å²) >= 11 is 0. The van der Waals surface area contributed by atoms with Crippen molar-refractivity contribution in [3.63, 3.8) is 0 Å². The number of nitrogens with one attached hydrogen (secondary N) is 1. The Hall–Kier alpha value is -2.66. The van der Waals surface area contributed by atoms with E-state index in [0.29, 0.717) is 11.3 Å². The zero-order chi connectivity index (χ0) is 19.4. The summed E-state index contributed by atoms with van der Waals surface area (Å²) in [5, 5.41) is 2.98. The smallest absolute Gasteiger partial charge is 0.249 e. The zero-order valence-corrected chi connectivity index (χ0v) is 16.0. The number of nitrogens with zero attached hydrogens (tertiary/aromatic N) is 1. The minimum absolute atomic E-state index is 0.00427. The van der Waals surface area contributed by atoms with Crippen LogP contribution in [0.15, 0.2) is 42.5 Å². The van der Waals surface area contributed by atoms with Gasteiger partial charge in [0, 0.05) is 23.7 Å². The van der Waals surface area contributed by atoms with Gasteiger partial charge in [-0.25, -0.2) is 0 Å². The summed E-state index contributed by atoms with van der Waals surface area (Å²) in [5.41, 5.74) is 9.81. The molecular weight excluding hydrogens is 338 g/mol. The maximum absolute atomic E-state index is 12.7. The van der Waals surface area contributed by atoms with E-state index in [4.69, 9.17) is 5.73 Å². The third-order valence-electron chi connectivity index (χ3n) is 5.30. The van der Waals surface area contributed by atoms with Crippen LogP contribution < -0.4 is 11.1 Å². The minimum atomic E-state index is -0.479. The molecule has 27 heavy (non-hydrogen) atoms. The topological polar surface area (TPSA) is 75.4 Å². The third kappa shape index (κ3) is 4.74. The predicted octanol–water partition coefficient (Wildman–Crippen LogP) is 3.25. The number of aryl methyl sites for hydroxylation is 1. The Bertz CT molecular complexity index is 839. The first kappa shape index (κ1) is 19.1. The molecule has 3 rings (SSSR count). The van der Waals surface area contributed by atoms with Crippen LogP contribution in [0.1, 0.15) is 39.9 Å². The van der Waals surface area contributed by atoms with Crippen molar-refractivity contribution in [1.82, 2.24) is 4.90 Å². The molecule has 5 heteroatoms. The number of hydrogen-bond acceptors (Lipinski definition) is 3. The molecule has 0 unspecified atom stereocenters. The number of carbonyl (C=O) groups excluding carboxylic acids is 2. The SMILES string of the molecule is Cc1cccc(CN2CCC(C(=O)Nc3cccc(C(N)=O)c3C)CC2)c1. The summed E-state index contributed by atoms with van der Waals surface area (Å²) in [6.45, 7) is 6.66. The summed E-state index contributed by atoms with van der Waals surface area (Å²) in [6.07, 6.45) is 1.68. The van der Waals surface area contributed by atoms with Gasteiger partial charge in [0.1, 0.15) is 0 Å². The number of likely N-dealkylation sites (tertiary alicyclic amines) is 1. The number of carbonyl (C=O) groups is 2. The molecule has 1 heterocycles. The molecule has 0 spiro atoms. The molecule has 0 aromatic heterocycles. The maximum Gasteiger partial charge on any atom is 0.249 e. The van der Waals surface area contributed by atoms with Crippen LogP contribution in [0.4, 0.5) is 5.69 Å². The second-order valence-corrected chi connectivity index (χ2v) is 7.37. The van der Waals surface area contributed by atoms with Crippen molar-refractivity contribution in [3.05, 3.63) is 64.7 Å². The van der Waals surface area contributed by atoms with Crippen LogP contribution in [0.25, 0.3) is 0 Å². The quantitative estimate of drug-likeness (QED) is 0.854. The second-order valence-electron chi connectivity index (χ2n) is 7.37. The van der Waals surface area contributed by atoms with Crippen molar-refractivity contribution in [3.8, 4) is 0 Å². The normalized spacial score (nSPS) is 15.5. The van der Waals surface area contributed by atoms with E-state index < -0.39 is 5.91 Å². The summed E-state index contributed by atoms with van der Waals surface area (Å²) in [6, 6.07) is 13.8. The van der Waals surface area contributed by atoms with E-state index in [9.17, 15) is 9.59 Å². The lowest BCUT2D eigenvalue weighted by molar-refractivity contribution is -0.121. The van der Waals surface area contributed by atoms with E-state index in [-0.39, 0.29) is 11.8 Å². The van der Waals surface area contributed by atoms with Crippen LogP contribution in [0.3, 0.4) is 0 Å². The Balaban J connectivity index is 1.56. The fraction of sp³-hybridized carbons (Fsp3) is 0.364. The van der Waals surface area contributed by atoms with Crippen LogP contribution in [0.2, 0.25) is 0 Å². The average molecular weight is 365 g/mol. The molecule has 2 amide bonds.